The molecule has 1 heteroatoms. The van der Waals surface area contributed by atoms with Gasteiger partial charge in [0, 0.05) is 5.54 Å². The summed E-state index contributed by atoms with van der Waals surface area (Å²) in [4.78, 5) is 0. The molecular formula is C27H47N. The molecule has 0 aromatic carbocycles. The van der Waals surface area contributed by atoms with Gasteiger partial charge < -0.3 is 5.73 Å². The summed E-state index contributed by atoms with van der Waals surface area (Å²) >= 11 is 0. The minimum atomic E-state index is 0.0722. The summed E-state index contributed by atoms with van der Waals surface area (Å²) in [5, 5.41) is 0. The van der Waals surface area contributed by atoms with E-state index in [1.54, 1.807) is 5.57 Å². The van der Waals surface area contributed by atoms with Gasteiger partial charge in [-0.3, -0.25) is 0 Å². The van der Waals surface area contributed by atoms with Crippen molar-refractivity contribution in [2.45, 2.75) is 124 Å². The minimum absolute atomic E-state index is 0.0722. The molecule has 0 amide bonds. The van der Waals surface area contributed by atoms with Gasteiger partial charge in [0.2, 0.25) is 0 Å². The number of unbranched alkanes of at least 4 members (excludes halogenated alkanes) is 1. The van der Waals surface area contributed by atoms with Gasteiger partial charge in [-0.15, -0.1) is 0 Å². The molecule has 28 heavy (non-hydrogen) atoms. The van der Waals surface area contributed by atoms with E-state index in [9.17, 15) is 0 Å². The maximum Gasteiger partial charge on any atom is 0.0260 e. The fourth-order valence-electron chi connectivity index (χ4n) is 8.54. The molecule has 3 fully saturated rings. The van der Waals surface area contributed by atoms with E-state index < -0.39 is 0 Å². The van der Waals surface area contributed by atoms with Gasteiger partial charge in [-0.2, -0.15) is 0 Å². The summed E-state index contributed by atoms with van der Waals surface area (Å²) in [6.07, 6.45) is 20.7. The first kappa shape index (κ1) is 21.0. The average Bonchev–Trinajstić information content (AvgIpc) is 2.95. The second-order valence-electron chi connectivity index (χ2n) is 12.9. The van der Waals surface area contributed by atoms with Crippen LogP contribution in [0, 0.1) is 34.0 Å². The lowest BCUT2D eigenvalue weighted by molar-refractivity contribution is -0.0613. The third-order valence-electron chi connectivity index (χ3n) is 10.1. The zero-order chi connectivity index (χ0) is 20.2. The van der Waals surface area contributed by atoms with E-state index in [4.69, 9.17) is 5.73 Å². The molecule has 0 heterocycles. The summed E-state index contributed by atoms with van der Waals surface area (Å²) in [6.45, 7) is 12.4. The molecule has 1 nitrogen and oxygen atoms in total. The van der Waals surface area contributed by atoms with Crippen LogP contribution < -0.4 is 5.73 Å². The highest BCUT2D eigenvalue weighted by Crippen LogP contribution is 2.67. The molecule has 4 rings (SSSR count). The van der Waals surface area contributed by atoms with Crippen LogP contribution in [0.1, 0.15) is 118 Å². The van der Waals surface area contributed by atoms with Crippen molar-refractivity contribution in [3.63, 3.8) is 0 Å². The van der Waals surface area contributed by atoms with Gasteiger partial charge in [-0.25, -0.2) is 0 Å². The van der Waals surface area contributed by atoms with Crippen LogP contribution in [0.25, 0.3) is 0 Å². The molecule has 4 aliphatic rings. The van der Waals surface area contributed by atoms with Crippen LogP contribution in [0.4, 0.5) is 0 Å². The highest BCUT2D eigenvalue weighted by Gasteiger charge is 2.63. The van der Waals surface area contributed by atoms with E-state index in [1.807, 2.05) is 0 Å². The van der Waals surface area contributed by atoms with Crippen molar-refractivity contribution in [2.75, 3.05) is 0 Å². The monoisotopic (exact) mass is 385 g/mol. The quantitative estimate of drug-likeness (QED) is 0.390. The molecule has 0 spiro atoms. The summed E-state index contributed by atoms with van der Waals surface area (Å²) in [6, 6.07) is 0. The Morgan fingerprint density at radius 3 is 2.54 bits per heavy atom. The molecule has 0 aromatic rings. The van der Waals surface area contributed by atoms with Crippen molar-refractivity contribution >= 4 is 0 Å². The fourth-order valence-corrected chi connectivity index (χ4v) is 8.54. The largest absolute Gasteiger partial charge is 0.324 e. The standard InChI is InChI=1S/C27H47N/c1-24(2,3)16-8-6-10-20-12-13-22-26(20,5)18-15-23-25(4)17-9-7-11-21(25)14-19-27(22,23)28/h14,20,22-23H,6-13,15-19,28H2,1-5H3. The van der Waals surface area contributed by atoms with Crippen molar-refractivity contribution in [3.8, 4) is 0 Å². The Morgan fingerprint density at radius 1 is 1.00 bits per heavy atom. The molecule has 3 saturated carbocycles. The molecule has 0 bridgehead atoms. The van der Waals surface area contributed by atoms with Gasteiger partial charge in [0.1, 0.15) is 0 Å². The highest BCUT2D eigenvalue weighted by molar-refractivity contribution is 5.29. The van der Waals surface area contributed by atoms with Crippen molar-refractivity contribution in [3.05, 3.63) is 11.6 Å². The van der Waals surface area contributed by atoms with Crippen LogP contribution in [-0.2, 0) is 0 Å². The molecule has 2 N–H and O–H groups in total. The topological polar surface area (TPSA) is 26.0 Å². The summed E-state index contributed by atoms with van der Waals surface area (Å²) < 4.78 is 0. The lowest BCUT2D eigenvalue weighted by atomic mass is 9.44. The van der Waals surface area contributed by atoms with Gasteiger partial charge in [-0.05, 0) is 98.2 Å². The van der Waals surface area contributed by atoms with E-state index in [2.05, 4.69) is 40.7 Å². The van der Waals surface area contributed by atoms with Crippen LogP contribution in [-0.4, -0.2) is 5.54 Å². The number of hydrogen-bond donors (Lipinski definition) is 1. The predicted octanol–water partition coefficient (Wildman–Crippen LogP) is 7.64. The Labute approximate surface area is 175 Å². The normalized spacial score (nSPS) is 45.8. The molecule has 0 radical (unpaired) electrons. The van der Waals surface area contributed by atoms with E-state index >= 15 is 0 Å². The number of fused-ring (bicyclic) bond motifs is 5. The number of rotatable bonds is 4. The fraction of sp³-hybridized carbons (Fsp3) is 0.926. The van der Waals surface area contributed by atoms with E-state index in [-0.39, 0.29) is 5.54 Å². The van der Waals surface area contributed by atoms with Gasteiger partial charge in [0.15, 0.2) is 0 Å². The Kier molecular flexibility index (Phi) is 5.34. The first-order chi connectivity index (χ1) is 13.1. The van der Waals surface area contributed by atoms with Crippen LogP contribution in [0.3, 0.4) is 0 Å². The summed E-state index contributed by atoms with van der Waals surface area (Å²) in [5.41, 5.74) is 10.7. The second kappa shape index (κ2) is 7.14. The minimum Gasteiger partial charge on any atom is -0.324 e. The van der Waals surface area contributed by atoms with Crippen molar-refractivity contribution in [1.82, 2.24) is 0 Å². The molecule has 160 valence electrons. The Hall–Kier alpha value is -0.300. The zero-order valence-electron chi connectivity index (χ0n) is 19.6. The van der Waals surface area contributed by atoms with Crippen LogP contribution in [0.15, 0.2) is 11.6 Å². The predicted molar refractivity (Wildman–Crippen MR) is 121 cm³/mol. The van der Waals surface area contributed by atoms with Crippen molar-refractivity contribution in [1.29, 1.82) is 0 Å². The third kappa shape index (κ3) is 3.32. The average molecular weight is 386 g/mol. The van der Waals surface area contributed by atoms with Gasteiger partial charge in [0.25, 0.3) is 0 Å². The third-order valence-corrected chi connectivity index (χ3v) is 10.1. The maximum absolute atomic E-state index is 7.46. The van der Waals surface area contributed by atoms with Crippen LogP contribution >= 0.6 is 0 Å². The molecule has 6 atom stereocenters. The lowest BCUT2D eigenvalue weighted by Crippen LogP contribution is -2.65. The van der Waals surface area contributed by atoms with E-state index in [0.29, 0.717) is 16.2 Å². The number of hydrogen-bond acceptors (Lipinski definition) is 1. The van der Waals surface area contributed by atoms with Gasteiger partial charge >= 0.3 is 0 Å². The van der Waals surface area contributed by atoms with Crippen molar-refractivity contribution in [2.24, 2.45) is 39.7 Å². The zero-order valence-corrected chi connectivity index (χ0v) is 19.6. The molecule has 4 aliphatic carbocycles. The molecule has 0 aliphatic heterocycles. The lowest BCUT2D eigenvalue weighted by Gasteiger charge is -2.62. The molecule has 0 aromatic heterocycles. The summed E-state index contributed by atoms with van der Waals surface area (Å²) in [7, 11) is 0. The second-order valence-corrected chi connectivity index (χ2v) is 12.9. The van der Waals surface area contributed by atoms with Crippen LogP contribution in [0.2, 0.25) is 0 Å². The molecule has 6 unspecified atom stereocenters. The Balaban J connectivity index is 1.49. The van der Waals surface area contributed by atoms with Crippen molar-refractivity contribution < 1.29 is 0 Å². The van der Waals surface area contributed by atoms with Gasteiger partial charge in [0.05, 0.1) is 0 Å². The molecular weight excluding hydrogens is 338 g/mol. The van der Waals surface area contributed by atoms with E-state index in [0.717, 1.165) is 17.8 Å². The Bertz CT molecular complexity index is 612. The smallest absolute Gasteiger partial charge is 0.0260 e. The number of allylic oxidation sites excluding steroid dienone is 1. The van der Waals surface area contributed by atoms with E-state index in [1.165, 1.54) is 83.5 Å². The summed E-state index contributed by atoms with van der Waals surface area (Å²) in [5.74, 6) is 2.41. The SMILES string of the molecule is CC(C)(C)CCCCC1CCC2C1(C)CCC1C3(C)CCCCC3=CCC12N. The first-order valence-corrected chi connectivity index (χ1v) is 12.6. The number of nitrogens with two attached hydrogens (primary N) is 1. The van der Waals surface area contributed by atoms with Gasteiger partial charge in [-0.1, -0.05) is 65.5 Å². The highest BCUT2D eigenvalue weighted by atomic mass is 14.9. The van der Waals surface area contributed by atoms with Crippen LogP contribution in [0.5, 0.6) is 0 Å². The maximum atomic E-state index is 7.46. The first-order valence-electron chi connectivity index (χ1n) is 12.6. The Morgan fingerprint density at radius 2 is 1.79 bits per heavy atom. The molecule has 0 saturated heterocycles.